The van der Waals surface area contributed by atoms with Crippen LogP contribution in [0.15, 0.2) is 24.3 Å². The molecule has 0 heterocycles. The molecule has 0 saturated carbocycles. The highest BCUT2D eigenvalue weighted by molar-refractivity contribution is 5.86. The lowest BCUT2D eigenvalue weighted by molar-refractivity contribution is -0.150. The van der Waals surface area contributed by atoms with Crippen molar-refractivity contribution in [2.75, 3.05) is 20.8 Å². The van der Waals surface area contributed by atoms with E-state index in [0.717, 1.165) is 5.56 Å². The van der Waals surface area contributed by atoms with Crippen molar-refractivity contribution in [2.24, 2.45) is 5.92 Å². The van der Waals surface area contributed by atoms with E-state index < -0.39 is 30.5 Å². The Balaban J connectivity index is 2.45. The minimum Gasteiger partial charge on any atom is -0.497 e. The molecular formula is C18H25NO6. The number of hydrogen-bond acceptors (Lipinski definition) is 6. The molecule has 0 fully saturated rings. The van der Waals surface area contributed by atoms with Crippen molar-refractivity contribution >= 4 is 17.8 Å². The third-order valence-corrected chi connectivity index (χ3v) is 3.40. The van der Waals surface area contributed by atoms with Gasteiger partial charge in [-0.3, -0.25) is 9.59 Å². The first-order chi connectivity index (χ1) is 11.8. The molecule has 0 bridgehead atoms. The van der Waals surface area contributed by atoms with Crippen molar-refractivity contribution in [3.05, 3.63) is 29.8 Å². The zero-order valence-electron chi connectivity index (χ0n) is 15.0. The van der Waals surface area contributed by atoms with E-state index in [-0.39, 0.29) is 12.3 Å². The fourth-order valence-corrected chi connectivity index (χ4v) is 2.17. The van der Waals surface area contributed by atoms with Crippen molar-refractivity contribution in [2.45, 2.75) is 32.7 Å². The second-order valence-electron chi connectivity index (χ2n) is 5.96. The highest BCUT2D eigenvalue weighted by Crippen LogP contribution is 2.12. The Kier molecular flexibility index (Phi) is 8.46. The minimum atomic E-state index is -0.752. The van der Waals surface area contributed by atoms with Crippen LogP contribution in [0.25, 0.3) is 0 Å². The van der Waals surface area contributed by atoms with Crippen LogP contribution < -0.4 is 10.1 Å². The molecule has 7 heteroatoms. The lowest BCUT2D eigenvalue weighted by atomic mass is 10.0. The Morgan fingerprint density at radius 1 is 1.08 bits per heavy atom. The number of carbonyl (C=O) groups excluding carboxylic acids is 3. The fraction of sp³-hybridized carbons (Fsp3) is 0.500. The molecule has 1 aromatic rings. The molecule has 25 heavy (non-hydrogen) atoms. The molecule has 1 aromatic carbocycles. The average Bonchev–Trinajstić information content (AvgIpc) is 2.59. The van der Waals surface area contributed by atoms with Crippen LogP contribution in [0.3, 0.4) is 0 Å². The third kappa shape index (κ3) is 7.69. The summed E-state index contributed by atoms with van der Waals surface area (Å²) >= 11 is 0. The van der Waals surface area contributed by atoms with Crippen LogP contribution in [0.4, 0.5) is 0 Å². The highest BCUT2D eigenvalue weighted by atomic mass is 16.5. The summed E-state index contributed by atoms with van der Waals surface area (Å²) in [6.07, 6.45) is 0.488. The summed E-state index contributed by atoms with van der Waals surface area (Å²) in [5.41, 5.74) is 0.749. The van der Waals surface area contributed by atoms with Crippen LogP contribution in [-0.4, -0.2) is 44.7 Å². The number of esters is 2. The molecule has 0 aliphatic rings. The Morgan fingerprint density at radius 3 is 2.24 bits per heavy atom. The molecular weight excluding hydrogens is 326 g/mol. The zero-order valence-corrected chi connectivity index (χ0v) is 15.0. The molecule has 0 aromatic heterocycles. The van der Waals surface area contributed by atoms with E-state index in [1.165, 1.54) is 7.11 Å². The van der Waals surface area contributed by atoms with Crippen LogP contribution in [0, 0.1) is 5.92 Å². The predicted molar refractivity (Wildman–Crippen MR) is 91.1 cm³/mol. The van der Waals surface area contributed by atoms with E-state index in [4.69, 9.17) is 9.47 Å². The maximum absolute atomic E-state index is 11.9. The van der Waals surface area contributed by atoms with Gasteiger partial charge in [-0.05, 0) is 30.0 Å². The van der Waals surface area contributed by atoms with Crippen molar-refractivity contribution in [1.29, 1.82) is 0 Å². The second-order valence-corrected chi connectivity index (χ2v) is 5.96. The molecule has 138 valence electrons. The Bertz CT molecular complexity index is 582. The van der Waals surface area contributed by atoms with Gasteiger partial charge in [0.1, 0.15) is 11.8 Å². The first kappa shape index (κ1) is 20.5. The maximum atomic E-state index is 11.9. The van der Waals surface area contributed by atoms with Gasteiger partial charge in [0, 0.05) is 0 Å². The number of rotatable bonds is 9. The summed E-state index contributed by atoms with van der Waals surface area (Å²) in [5, 5.41) is 2.53. The molecule has 0 spiro atoms. The van der Waals surface area contributed by atoms with E-state index in [1.54, 1.807) is 31.4 Å². The van der Waals surface area contributed by atoms with E-state index in [9.17, 15) is 14.4 Å². The molecule has 0 aliphatic heterocycles. The number of carbonyl (C=O) groups is 3. The van der Waals surface area contributed by atoms with Gasteiger partial charge >= 0.3 is 11.9 Å². The van der Waals surface area contributed by atoms with Crippen LogP contribution in [0.2, 0.25) is 0 Å². The minimum absolute atomic E-state index is 0.0453. The van der Waals surface area contributed by atoms with Gasteiger partial charge in [-0.1, -0.05) is 26.0 Å². The SMILES string of the molecule is COC(=O)C(CC(C)C)NC(=O)COC(=O)Cc1ccc(OC)cc1. The van der Waals surface area contributed by atoms with Crippen molar-refractivity contribution in [3.8, 4) is 5.75 Å². The lowest BCUT2D eigenvalue weighted by Gasteiger charge is -2.18. The normalized spacial score (nSPS) is 11.6. The molecule has 1 N–H and O–H groups in total. The average molecular weight is 351 g/mol. The summed E-state index contributed by atoms with van der Waals surface area (Å²) in [5.74, 6) is -0.706. The van der Waals surface area contributed by atoms with Gasteiger partial charge < -0.3 is 19.5 Å². The topological polar surface area (TPSA) is 90.9 Å². The Hall–Kier alpha value is -2.57. The molecule has 0 radical (unpaired) electrons. The second kappa shape index (κ2) is 10.3. The summed E-state index contributed by atoms with van der Waals surface area (Å²) < 4.78 is 14.7. The van der Waals surface area contributed by atoms with E-state index in [1.807, 2.05) is 13.8 Å². The molecule has 1 amide bonds. The van der Waals surface area contributed by atoms with Gasteiger partial charge in [0.05, 0.1) is 20.6 Å². The van der Waals surface area contributed by atoms with E-state index >= 15 is 0 Å². The fourth-order valence-electron chi connectivity index (χ4n) is 2.17. The molecule has 0 aliphatic carbocycles. The first-order valence-corrected chi connectivity index (χ1v) is 8.01. The van der Waals surface area contributed by atoms with Crippen LogP contribution in [0.1, 0.15) is 25.8 Å². The van der Waals surface area contributed by atoms with Gasteiger partial charge in [-0.25, -0.2) is 4.79 Å². The van der Waals surface area contributed by atoms with Crippen molar-refractivity contribution < 1.29 is 28.6 Å². The zero-order chi connectivity index (χ0) is 18.8. The van der Waals surface area contributed by atoms with E-state index in [2.05, 4.69) is 10.1 Å². The number of amides is 1. The van der Waals surface area contributed by atoms with Crippen molar-refractivity contribution in [3.63, 3.8) is 0 Å². The van der Waals surface area contributed by atoms with Crippen LogP contribution >= 0.6 is 0 Å². The summed E-state index contributed by atoms with van der Waals surface area (Å²) in [7, 11) is 2.82. The smallest absolute Gasteiger partial charge is 0.328 e. The number of nitrogens with one attached hydrogen (secondary N) is 1. The van der Waals surface area contributed by atoms with Gasteiger partial charge in [-0.15, -0.1) is 0 Å². The highest BCUT2D eigenvalue weighted by Gasteiger charge is 2.23. The number of ether oxygens (including phenoxy) is 3. The molecule has 0 saturated heterocycles. The molecule has 1 atom stereocenters. The number of hydrogen-bond donors (Lipinski definition) is 1. The van der Waals surface area contributed by atoms with Crippen molar-refractivity contribution in [1.82, 2.24) is 5.32 Å². The molecule has 1 unspecified atom stereocenters. The van der Waals surface area contributed by atoms with Crippen LogP contribution in [-0.2, 0) is 30.3 Å². The summed E-state index contributed by atoms with van der Waals surface area (Å²) in [6.45, 7) is 3.41. The van der Waals surface area contributed by atoms with Crippen LogP contribution in [0.5, 0.6) is 5.75 Å². The molecule has 7 nitrogen and oxygen atoms in total. The predicted octanol–water partition coefficient (Wildman–Crippen LogP) is 1.48. The summed E-state index contributed by atoms with van der Waals surface area (Å²) in [4.78, 5) is 35.3. The standard InChI is InChI=1S/C18H25NO6/c1-12(2)9-15(18(22)24-4)19-16(20)11-25-17(21)10-13-5-7-14(23-3)8-6-13/h5-8,12,15H,9-11H2,1-4H3,(H,19,20). The van der Waals surface area contributed by atoms with Gasteiger partial charge in [-0.2, -0.15) is 0 Å². The maximum Gasteiger partial charge on any atom is 0.328 e. The molecule has 1 rings (SSSR count). The number of methoxy groups -OCH3 is 2. The lowest BCUT2D eigenvalue weighted by Crippen LogP contribution is -2.44. The van der Waals surface area contributed by atoms with Gasteiger partial charge in [0.15, 0.2) is 6.61 Å². The quantitative estimate of drug-likeness (QED) is 0.678. The van der Waals surface area contributed by atoms with Gasteiger partial charge in [0.25, 0.3) is 5.91 Å². The summed E-state index contributed by atoms with van der Waals surface area (Å²) in [6, 6.07) is 6.22. The monoisotopic (exact) mass is 351 g/mol. The Morgan fingerprint density at radius 2 is 1.72 bits per heavy atom. The largest absolute Gasteiger partial charge is 0.497 e. The van der Waals surface area contributed by atoms with Gasteiger partial charge in [0.2, 0.25) is 0 Å². The Labute approximate surface area is 147 Å². The first-order valence-electron chi connectivity index (χ1n) is 8.01. The third-order valence-electron chi connectivity index (χ3n) is 3.40. The number of benzene rings is 1. The van der Waals surface area contributed by atoms with E-state index in [0.29, 0.717) is 12.2 Å².